The number of rotatable bonds is 2. The topological polar surface area (TPSA) is 8.81 Å². The van der Waals surface area contributed by atoms with Crippen LogP contribution in [-0.2, 0) is 7.05 Å². The number of nitrogens with zero attached hydrogens (tertiary/aromatic N) is 2. The van der Waals surface area contributed by atoms with Crippen molar-refractivity contribution in [3.63, 3.8) is 0 Å². The van der Waals surface area contributed by atoms with Gasteiger partial charge < -0.3 is 4.57 Å². The summed E-state index contributed by atoms with van der Waals surface area (Å²) in [5.41, 5.74) is 2.36. The lowest BCUT2D eigenvalue weighted by atomic mass is 10.2. The summed E-state index contributed by atoms with van der Waals surface area (Å²) in [6.07, 6.45) is 7.91. The van der Waals surface area contributed by atoms with Crippen molar-refractivity contribution in [3.8, 4) is 11.3 Å². The maximum Gasteiger partial charge on any atom is 0.177 e. The van der Waals surface area contributed by atoms with Crippen molar-refractivity contribution in [2.24, 2.45) is 7.05 Å². The Morgan fingerprint density at radius 3 is 2.93 bits per heavy atom. The molecule has 2 aromatic heterocycles. The average molecular weight is 185 g/mol. The predicted octanol–water partition coefficient (Wildman–Crippen LogP) is 2.08. The highest BCUT2D eigenvalue weighted by Crippen LogP contribution is 2.17. The number of hydrogen-bond acceptors (Lipinski definition) is 0. The van der Waals surface area contributed by atoms with E-state index in [4.69, 9.17) is 0 Å². The number of pyridine rings is 1. The first-order valence-corrected chi connectivity index (χ1v) is 4.56. The molecule has 2 heteroatoms. The first kappa shape index (κ1) is 8.75. The molecule has 0 aliphatic carbocycles. The van der Waals surface area contributed by atoms with Gasteiger partial charge in [-0.2, -0.15) is 0 Å². The number of aryl methyl sites for hydroxylation is 1. The van der Waals surface area contributed by atoms with E-state index >= 15 is 0 Å². The summed E-state index contributed by atoms with van der Waals surface area (Å²) in [6.45, 7) is 3.77. The molecule has 0 saturated heterocycles. The van der Waals surface area contributed by atoms with E-state index in [-0.39, 0.29) is 0 Å². The Balaban J connectivity index is 2.54. The highest BCUT2D eigenvalue weighted by molar-refractivity contribution is 5.60. The molecule has 0 radical (unpaired) electrons. The third-order valence-corrected chi connectivity index (χ3v) is 2.21. The maximum atomic E-state index is 3.77. The smallest absolute Gasteiger partial charge is 0.177 e. The Kier molecular flexibility index (Phi) is 2.19. The highest BCUT2D eigenvalue weighted by atomic mass is 14.9. The van der Waals surface area contributed by atoms with Crippen molar-refractivity contribution in [3.05, 3.63) is 49.4 Å². The molecule has 0 spiro atoms. The fourth-order valence-corrected chi connectivity index (χ4v) is 1.54. The SMILES string of the molecule is C=Cn1cccc1-c1ccc[n+](C)c1. The molecule has 2 rings (SSSR count). The molecule has 0 bridgehead atoms. The molecular weight excluding hydrogens is 172 g/mol. The first-order valence-electron chi connectivity index (χ1n) is 4.56. The molecule has 0 fully saturated rings. The summed E-state index contributed by atoms with van der Waals surface area (Å²) in [5.74, 6) is 0. The fourth-order valence-electron chi connectivity index (χ4n) is 1.54. The Morgan fingerprint density at radius 2 is 2.21 bits per heavy atom. The van der Waals surface area contributed by atoms with Gasteiger partial charge in [-0.3, -0.25) is 0 Å². The van der Waals surface area contributed by atoms with Gasteiger partial charge in [0.05, 0.1) is 11.3 Å². The average Bonchev–Trinajstić information content (AvgIpc) is 2.65. The summed E-state index contributed by atoms with van der Waals surface area (Å²) in [6, 6.07) is 8.23. The largest absolute Gasteiger partial charge is 0.324 e. The summed E-state index contributed by atoms with van der Waals surface area (Å²) < 4.78 is 4.05. The van der Waals surface area contributed by atoms with Crippen LogP contribution >= 0.6 is 0 Å². The van der Waals surface area contributed by atoms with E-state index in [0.717, 1.165) is 5.69 Å². The second-order valence-corrected chi connectivity index (χ2v) is 3.24. The second kappa shape index (κ2) is 3.50. The van der Waals surface area contributed by atoms with Gasteiger partial charge in [0.25, 0.3) is 0 Å². The molecule has 2 nitrogen and oxygen atoms in total. The second-order valence-electron chi connectivity index (χ2n) is 3.24. The molecule has 0 atom stereocenters. The molecule has 0 N–H and O–H groups in total. The summed E-state index contributed by atoms with van der Waals surface area (Å²) >= 11 is 0. The Bertz CT molecular complexity index is 455. The molecule has 0 amide bonds. The van der Waals surface area contributed by atoms with Crippen LogP contribution in [0, 0.1) is 0 Å². The van der Waals surface area contributed by atoms with Crippen molar-refractivity contribution in [1.82, 2.24) is 4.57 Å². The molecule has 2 aromatic rings. The molecule has 0 saturated carbocycles. The van der Waals surface area contributed by atoms with Crippen molar-refractivity contribution >= 4 is 6.20 Å². The van der Waals surface area contributed by atoms with Gasteiger partial charge >= 0.3 is 0 Å². The highest BCUT2D eigenvalue weighted by Gasteiger charge is 2.04. The van der Waals surface area contributed by atoms with Gasteiger partial charge in [0.2, 0.25) is 0 Å². The monoisotopic (exact) mass is 185 g/mol. The third-order valence-electron chi connectivity index (χ3n) is 2.21. The van der Waals surface area contributed by atoms with Crippen LogP contribution in [0.2, 0.25) is 0 Å². The lowest BCUT2D eigenvalue weighted by Gasteiger charge is -2.01. The van der Waals surface area contributed by atoms with Crippen molar-refractivity contribution in [2.45, 2.75) is 0 Å². The quantitative estimate of drug-likeness (QED) is 0.633. The van der Waals surface area contributed by atoms with Gasteiger partial charge in [-0.25, -0.2) is 4.57 Å². The van der Waals surface area contributed by atoms with Crippen LogP contribution < -0.4 is 4.57 Å². The van der Waals surface area contributed by atoms with Crippen LogP contribution in [-0.4, -0.2) is 4.57 Å². The van der Waals surface area contributed by atoms with E-state index in [1.165, 1.54) is 5.56 Å². The van der Waals surface area contributed by atoms with E-state index in [2.05, 4.69) is 24.9 Å². The van der Waals surface area contributed by atoms with Crippen molar-refractivity contribution in [2.75, 3.05) is 0 Å². The van der Waals surface area contributed by atoms with E-state index < -0.39 is 0 Å². The van der Waals surface area contributed by atoms with Crippen molar-refractivity contribution in [1.29, 1.82) is 0 Å². The van der Waals surface area contributed by atoms with E-state index in [1.54, 1.807) is 0 Å². The molecule has 70 valence electrons. The summed E-state index contributed by atoms with van der Waals surface area (Å²) in [4.78, 5) is 0. The normalized spacial score (nSPS) is 10.1. The first-order chi connectivity index (χ1) is 6.81. The molecule has 2 heterocycles. The zero-order valence-corrected chi connectivity index (χ0v) is 8.22. The van der Waals surface area contributed by atoms with Gasteiger partial charge in [-0.05, 0) is 18.2 Å². The van der Waals surface area contributed by atoms with Gasteiger partial charge in [0.15, 0.2) is 12.4 Å². The minimum absolute atomic E-state index is 1.16. The van der Waals surface area contributed by atoms with Crippen LogP contribution in [0.1, 0.15) is 0 Å². The third kappa shape index (κ3) is 1.46. The lowest BCUT2D eigenvalue weighted by Crippen LogP contribution is -2.26. The van der Waals surface area contributed by atoms with Crippen LogP contribution in [0.4, 0.5) is 0 Å². The fraction of sp³-hybridized carbons (Fsp3) is 0.0833. The van der Waals surface area contributed by atoms with Gasteiger partial charge in [0, 0.05) is 18.5 Å². The Labute approximate surface area is 83.7 Å². The van der Waals surface area contributed by atoms with Crippen LogP contribution in [0.25, 0.3) is 17.5 Å². The van der Waals surface area contributed by atoms with Gasteiger partial charge in [0.1, 0.15) is 7.05 Å². The van der Waals surface area contributed by atoms with E-state index in [0.29, 0.717) is 0 Å². The van der Waals surface area contributed by atoms with Gasteiger partial charge in [-0.15, -0.1) is 0 Å². The molecule has 14 heavy (non-hydrogen) atoms. The Morgan fingerprint density at radius 1 is 1.36 bits per heavy atom. The van der Waals surface area contributed by atoms with E-state index in [9.17, 15) is 0 Å². The summed E-state index contributed by atoms with van der Waals surface area (Å²) in [7, 11) is 2.02. The van der Waals surface area contributed by atoms with Gasteiger partial charge in [-0.1, -0.05) is 6.58 Å². The van der Waals surface area contributed by atoms with Crippen molar-refractivity contribution < 1.29 is 4.57 Å². The van der Waals surface area contributed by atoms with Crippen LogP contribution in [0.3, 0.4) is 0 Å². The zero-order valence-electron chi connectivity index (χ0n) is 8.22. The molecule has 0 aliphatic heterocycles. The summed E-state index contributed by atoms with van der Waals surface area (Å²) in [5, 5.41) is 0. The van der Waals surface area contributed by atoms with Crippen LogP contribution in [0.5, 0.6) is 0 Å². The lowest BCUT2D eigenvalue weighted by molar-refractivity contribution is -0.671. The minimum atomic E-state index is 1.16. The van der Waals surface area contributed by atoms with E-state index in [1.807, 2.05) is 46.9 Å². The zero-order chi connectivity index (χ0) is 9.97. The predicted molar refractivity (Wildman–Crippen MR) is 57.4 cm³/mol. The Hall–Kier alpha value is -1.83. The molecule has 0 unspecified atom stereocenters. The number of aromatic nitrogens is 2. The molecule has 0 aromatic carbocycles. The molecular formula is C12H13N2+. The standard InChI is InChI=1S/C12H13N2/c1-3-14-9-5-7-12(14)11-6-4-8-13(2)10-11/h3-10H,1H2,2H3/q+1. The maximum absolute atomic E-state index is 3.77. The van der Waals surface area contributed by atoms with Crippen LogP contribution in [0.15, 0.2) is 49.4 Å². The minimum Gasteiger partial charge on any atom is -0.324 e. The molecule has 0 aliphatic rings. The number of hydrogen-bond donors (Lipinski definition) is 0.